The van der Waals surface area contributed by atoms with Crippen molar-refractivity contribution in [2.45, 2.75) is 153 Å². The summed E-state index contributed by atoms with van der Waals surface area (Å²) in [5, 5.41) is 4.94. The molecule has 1 fully saturated rings. The minimum Gasteiger partial charge on any atom is -0.456 e. The number of benzene rings is 9. The van der Waals surface area contributed by atoms with Crippen LogP contribution >= 0.6 is 11.3 Å². The van der Waals surface area contributed by atoms with Crippen LogP contribution in [0.4, 0.5) is 45.5 Å². The fourth-order valence-electron chi connectivity index (χ4n) is 17.6. The minimum absolute atomic E-state index is 0.00372. The van der Waals surface area contributed by atoms with E-state index in [0.717, 1.165) is 66.2 Å². The summed E-state index contributed by atoms with van der Waals surface area (Å²) in [7, 11) is 0. The molecule has 0 spiro atoms. The molecule has 6 aliphatic rings. The van der Waals surface area contributed by atoms with Gasteiger partial charge in [0, 0.05) is 65.1 Å². The second-order valence-corrected chi connectivity index (χ2v) is 30.3. The molecule has 0 saturated heterocycles. The highest BCUT2D eigenvalue weighted by Gasteiger charge is 2.59. The molecule has 0 radical (unpaired) electrons. The van der Waals surface area contributed by atoms with Gasteiger partial charge in [-0.05, 0) is 195 Å². The molecule has 11 aromatic rings. The first-order chi connectivity index (χ1) is 40.4. The van der Waals surface area contributed by atoms with Gasteiger partial charge in [-0.15, -0.1) is 11.3 Å². The summed E-state index contributed by atoms with van der Waals surface area (Å²) in [5.74, 6) is 0. The van der Waals surface area contributed by atoms with Crippen molar-refractivity contribution in [3.63, 3.8) is 0 Å². The smallest absolute Gasteiger partial charge is 0.252 e. The number of fused-ring (bicyclic) bond motifs is 15. The van der Waals surface area contributed by atoms with Crippen LogP contribution in [-0.2, 0) is 27.1 Å². The van der Waals surface area contributed by atoms with Gasteiger partial charge in [0.25, 0.3) is 6.71 Å². The van der Waals surface area contributed by atoms with Gasteiger partial charge in [-0.25, -0.2) is 0 Å². The van der Waals surface area contributed by atoms with Gasteiger partial charge in [0.1, 0.15) is 11.2 Å². The maximum atomic E-state index is 6.89. The Morgan fingerprint density at radius 1 is 0.393 bits per heavy atom. The summed E-state index contributed by atoms with van der Waals surface area (Å²) in [4.78, 5) is 8.38. The van der Waals surface area contributed by atoms with Gasteiger partial charge >= 0.3 is 0 Å². The number of anilines is 8. The first-order valence-corrected chi connectivity index (χ1v) is 32.1. The number of nitrogens with zero attached hydrogens (tertiary/aromatic N) is 3. The Labute approximate surface area is 500 Å². The van der Waals surface area contributed by atoms with Crippen molar-refractivity contribution < 1.29 is 4.42 Å². The van der Waals surface area contributed by atoms with Crippen molar-refractivity contribution in [1.82, 2.24) is 0 Å². The van der Waals surface area contributed by atoms with E-state index in [0.29, 0.717) is 0 Å². The second-order valence-electron chi connectivity index (χ2n) is 29.2. The number of rotatable bonds is 4. The summed E-state index contributed by atoms with van der Waals surface area (Å²) in [6.45, 7) is 25.2. The van der Waals surface area contributed by atoms with Crippen molar-refractivity contribution in [1.29, 1.82) is 0 Å². The average molecular weight is 1110 g/mol. The molecule has 2 unspecified atom stereocenters. The summed E-state index contributed by atoms with van der Waals surface area (Å²) in [5.41, 5.74) is 25.7. The molecule has 84 heavy (non-hydrogen) atoms. The summed E-state index contributed by atoms with van der Waals surface area (Å²) >= 11 is 1.92. The normalized spacial score (nSPS) is 21.9. The molecule has 6 heteroatoms. The molecule has 2 atom stereocenters. The standard InChI is InChI=1S/C78H74BN3OS/c1-73(2)36-38-75(5,6)54-45-62-57(43-52(54)73)79-58-44-53-55(76(7,8)39-37-74(53,3)4)46-63(58)81(61-27-21-31-69-71(61)51-25-15-17-30-68(51)84-69)65-42-49(41-64(72(65)79)80(62)60-26-20-29-67-70(60)50-24-14-16-28-66(50)83-67)82-59-33-32-48(47-22-12-11-13-23-47)40-56(59)77(9)34-18-19-35-78(77,82)10/h11-17,20-33,40-46H,18-19,34-39H2,1-10H3. The molecule has 416 valence electrons. The fourth-order valence-corrected chi connectivity index (χ4v) is 18.7. The van der Waals surface area contributed by atoms with E-state index in [1.807, 2.05) is 11.3 Å². The molecule has 3 aliphatic carbocycles. The van der Waals surface area contributed by atoms with Crippen molar-refractivity contribution in [3.8, 4) is 11.1 Å². The van der Waals surface area contributed by atoms with Crippen molar-refractivity contribution in [2.75, 3.05) is 14.7 Å². The van der Waals surface area contributed by atoms with Crippen molar-refractivity contribution in [2.24, 2.45) is 0 Å². The minimum atomic E-state index is -0.217. The highest BCUT2D eigenvalue weighted by molar-refractivity contribution is 7.26. The number of hydrogen-bond donors (Lipinski definition) is 0. The van der Waals surface area contributed by atoms with Crippen LogP contribution in [0.3, 0.4) is 0 Å². The van der Waals surface area contributed by atoms with E-state index in [1.54, 1.807) is 0 Å². The maximum Gasteiger partial charge on any atom is 0.252 e. The SMILES string of the molecule is CC1(C)CCC(C)(C)c2cc3c(cc21)B1c2cc4c(cc2N(c2cccc5sc6ccccc6c25)c2cc(N5c6ccc(-c7ccccc7)cc6C6(C)CCCCC56C)cc(c21)N3c1cccc2oc3ccccc3c12)C(C)(C)CCC4(C)C. The highest BCUT2D eigenvalue weighted by atomic mass is 32.1. The average Bonchev–Trinajstić information content (AvgIpc) is 1.25. The van der Waals surface area contributed by atoms with Crippen molar-refractivity contribution in [3.05, 3.63) is 198 Å². The van der Waals surface area contributed by atoms with Crippen LogP contribution in [0.15, 0.2) is 174 Å². The van der Waals surface area contributed by atoms with Gasteiger partial charge < -0.3 is 19.1 Å². The summed E-state index contributed by atoms with van der Waals surface area (Å²) in [6.07, 6.45) is 9.23. The Bertz CT molecular complexity index is 4430. The third kappa shape index (κ3) is 6.78. The Kier molecular flexibility index (Phi) is 10.4. The number of hydrogen-bond acceptors (Lipinski definition) is 5. The lowest BCUT2D eigenvalue weighted by atomic mass is 9.32. The molecule has 0 N–H and O–H groups in total. The third-order valence-electron chi connectivity index (χ3n) is 22.7. The maximum absolute atomic E-state index is 6.89. The van der Waals surface area contributed by atoms with Gasteiger partial charge in [-0.3, -0.25) is 0 Å². The molecular formula is C78H74BN3OS. The largest absolute Gasteiger partial charge is 0.456 e. The molecule has 3 aliphatic heterocycles. The Balaban J connectivity index is 1.06. The number of thiophene rings is 1. The zero-order valence-electron chi connectivity index (χ0n) is 50.6. The topological polar surface area (TPSA) is 22.9 Å². The lowest BCUT2D eigenvalue weighted by Gasteiger charge is -2.51. The first-order valence-electron chi connectivity index (χ1n) is 31.3. The third-order valence-corrected chi connectivity index (χ3v) is 23.8. The van der Waals surface area contributed by atoms with Crippen molar-refractivity contribution >= 4 is 122 Å². The highest BCUT2D eigenvalue weighted by Crippen LogP contribution is 2.63. The number of furan rings is 1. The molecule has 0 amide bonds. The van der Waals surface area contributed by atoms with E-state index < -0.39 is 0 Å². The second kappa shape index (κ2) is 17.1. The van der Waals surface area contributed by atoms with Crippen LogP contribution in [0.2, 0.25) is 0 Å². The van der Waals surface area contributed by atoms with E-state index >= 15 is 0 Å². The summed E-state index contributed by atoms with van der Waals surface area (Å²) < 4.78 is 9.53. The predicted octanol–water partition coefficient (Wildman–Crippen LogP) is 20.1. The molecule has 0 bridgehead atoms. The van der Waals surface area contributed by atoms with E-state index in [2.05, 4.69) is 254 Å². The molecular weight excluding hydrogens is 1040 g/mol. The van der Waals surface area contributed by atoms with Gasteiger partial charge in [-0.2, -0.15) is 0 Å². The zero-order valence-corrected chi connectivity index (χ0v) is 51.4. The van der Waals surface area contributed by atoms with Gasteiger partial charge in [0.15, 0.2) is 0 Å². The Morgan fingerprint density at radius 3 is 1.58 bits per heavy atom. The molecule has 9 aromatic carbocycles. The molecule has 1 saturated carbocycles. The van der Waals surface area contributed by atoms with E-state index in [1.165, 1.54) is 128 Å². The first kappa shape index (κ1) is 50.9. The van der Waals surface area contributed by atoms with Crippen LogP contribution in [0.1, 0.15) is 148 Å². The van der Waals surface area contributed by atoms with E-state index in [4.69, 9.17) is 4.42 Å². The van der Waals surface area contributed by atoms with Gasteiger partial charge in [-0.1, -0.05) is 172 Å². The van der Waals surface area contributed by atoms with Crippen LogP contribution < -0.4 is 31.1 Å². The summed E-state index contributed by atoms with van der Waals surface area (Å²) in [6, 6.07) is 66.5. The monoisotopic (exact) mass is 1110 g/mol. The molecule has 17 rings (SSSR count). The predicted molar refractivity (Wildman–Crippen MR) is 359 cm³/mol. The molecule has 4 nitrogen and oxygen atoms in total. The molecule has 5 heterocycles. The van der Waals surface area contributed by atoms with Crippen LogP contribution in [0.5, 0.6) is 0 Å². The fraction of sp³-hybridized carbons (Fsp3) is 0.308. The van der Waals surface area contributed by atoms with E-state index in [-0.39, 0.29) is 39.3 Å². The quantitative estimate of drug-likeness (QED) is 0.164. The van der Waals surface area contributed by atoms with Gasteiger partial charge in [0.05, 0.1) is 22.3 Å². The number of para-hydroxylation sites is 1. The van der Waals surface area contributed by atoms with Crippen LogP contribution in [0, 0.1) is 0 Å². The van der Waals surface area contributed by atoms with Crippen LogP contribution in [-0.4, -0.2) is 12.3 Å². The Hall–Kier alpha value is -7.54. The molecule has 2 aromatic heterocycles. The lowest BCUT2D eigenvalue weighted by Crippen LogP contribution is -2.62. The zero-order chi connectivity index (χ0) is 57.2. The Morgan fingerprint density at radius 2 is 0.929 bits per heavy atom. The lowest BCUT2D eigenvalue weighted by molar-refractivity contribution is 0.195. The van der Waals surface area contributed by atoms with Gasteiger partial charge in [0.2, 0.25) is 0 Å². The van der Waals surface area contributed by atoms with E-state index in [9.17, 15) is 0 Å². The van der Waals surface area contributed by atoms with Crippen LogP contribution in [0.25, 0.3) is 53.2 Å².